The number of alkyl halides is 3. The summed E-state index contributed by atoms with van der Waals surface area (Å²) in [5.41, 5.74) is 0. The van der Waals surface area contributed by atoms with Crippen molar-refractivity contribution in [1.82, 2.24) is 5.32 Å². The molecule has 15 heavy (non-hydrogen) atoms. The molecule has 1 saturated carbocycles. The quantitative estimate of drug-likeness (QED) is 0.749. The molecule has 1 aliphatic carbocycles. The average molecular weight is 225 g/mol. The maximum absolute atomic E-state index is 12.2. The molecule has 0 aliphatic heterocycles. The Labute approximate surface area is 88.2 Å². The third-order valence-corrected chi connectivity index (χ3v) is 2.52. The molecular formula is C10H18F3NO. The van der Waals surface area contributed by atoms with Crippen molar-refractivity contribution in [3.63, 3.8) is 0 Å². The number of halogens is 3. The zero-order chi connectivity index (χ0) is 11.5. The van der Waals surface area contributed by atoms with Crippen LogP contribution in [0.2, 0.25) is 0 Å². The van der Waals surface area contributed by atoms with Gasteiger partial charge in [-0.1, -0.05) is 6.92 Å². The Bertz CT molecular complexity index is 192. The van der Waals surface area contributed by atoms with Crippen LogP contribution in [-0.4, -0.2) is 31.0 Å². The molecular weight excluding hydrogens is 207 g/mol. The summed E-state index contributed by atoms with van der Waals surface area (Å²) in [5, 5.41) is 3.17. The van der Waals surface area contributed by atoms with E-state index in [4.69, 9.17) is 4.74 Å². The Morgan fingerprint density at radius 3 is 2.40 bits per heavy atom. The third kappa shape index (κ3) is 4.84. The Balaban J connectivity index is 2.24. The highest BCUT2D eigenvalue weighted by molar-refractivity contribution is 4.82. The van der Waals surface area contributed by atoms with Crippen molar-refractivity contribution < 1.29 is 17.9 Å². The van der Waals surface area contributed by atoms with Gasteiger partial charge in [0.2, 0.25) is 0 Å². The molecule has 2 unspecified atom stereocenters. The highest BCUT2D eigenvalue weighted by Crippen LogP contribution is 2.24. The van der Waals surface area contributed by atoms with E-state index in [0.717, 1.165) is 19.8 Å². The number of hydrogen-bond acceptors (Lipinski definition) is 2. The molecule has 5 heteroatoms. The average Bonchev–Trinajstić information content (AvgIpc) is 2.93. The smallest absolute Gasteiger partial charge is 0.365 e. The fourth-order valence-corrected chi connectivity index (χ4v) is 1.24. The molecule has 0 aromatic carbocycles. The lowest BCUT2D eigenvalue weighted by Gasteiger charge is -2.23. The summed E-state index contributed by atoms with van der Waals surface area (Å²) < 4.78 is 41.6. The molecule has 1 rings (SSSR count). The maximum atomic E-state index is 12.2. The van der Waals surface area contributed by atoms with Gasteiger partial charge >= 0.3 is 6.18 Å². The van der Waals surface area contributed by atoms with Crippen LogP contribution >= 0.6 is 0 Å². The van der Waals surface area contributed by atoms with Crippen LogP contribution in [0.5, 0.6) is 0 Å². The lowest BCUT2D eigenvalue weighted by atomic mass is 10.2. The predicted octanol–water partition coefficient (Wildman–Crippen LogP) is 2.48. The van der Waals surface area contributed by atoms with Crippen molar-refractivity contribution in [2.45, 2.75) is 57.5 Å². The molecule has 0 saturated heterocycles. The van der Waals surface area contributed by atoms with E-state index in [1.165, 1.54) is 0 Å². The van der Waals surface area contributed by atoms with Crippen molar-refractivity contribution in [3.8, 4) is 0 Å². The van der Waals surface area contributed by atoms with E-state index in [2.05, 4.69) is 5.32 Å². The van der Waals surface area contributed by atoms with Gasteiger partial charge in [-0.2, -0.15) is 13.2 Å². The summed E-state index contributed by atoms with van der Waals surface area (Å²) in [6.45, 7) is 3.41. The first-order valence-corrected chi connectivity index (χ1v) is 5.39. The largest absolute Gasteiger partial charge is 0.414 e. The monoisotopic (exact) mass is 225 g/mol. The van der Waals surface area contributed by atoms with E-state index >= 15 is 0 Å². The molecule has 90 valence electrons. The summed E-state index contributed by atoms with van der Waals surface area (Å²) in [4.78, 5) is 0. The van der Waals surface area contributed by atoms with Gasteiger partial charge in [0, 0.05) is 12.6 Å². The maximum Gasteiger partial charge on any atom is 0.414 e. The molecule has 2 nitrogen and oxygen atoms in total. The second-order valence-corrected chi connectivity index (χ2v) is 4.03. The first kappa shape index (κ1) is 12.8. The van der Waals surface area contributed by atoms with Crippen LogP contribution in [0.15, 0.2) is 0 Å². The van der Waals surface area contributed by atoms with Crippen LogP contribution in [-0.2, 0) is 4.74 Å². The molecule has 1 N–H and O–H groups in total. The zero-order valence-corrected chi connectivity index (χ0v) is 9.10. The van der Waals surface area contributed by atoms with Crippen molar-refractivity contribution in [3.05, 3.63) is 0 Å². The van der Waals surface area contributed by atoms with Crippen LogP contribution in [0.3, 0.4) is 0 Å². The fourth-order valence-electron chi connectivity index (χ4n) is 1.24. The van der Waals surface area contributed by atoms with Gasteiger partial charge in [-0.25, -0.2) is 0 Å². The number of ether oxygens (including phenoxy) is 1. The van der Waals surface area contributed by atoms with Crippen LogP contribution < -0.4 is 5.32 Å². The van der Waals surface area contributed by atoms with E-state index in [1.807, 2.05) is 6.92 Å². The predicted molar refractivity (Wildman–Crippen MR) is 51.7 cm³/mol. The number of rotatable bonds is 6. The summed E-state index contributed by atoms with van der Waals surface area (Å²) in [5.74, 6) is 0. The van der Waals surface area contributed by atoms with Gasteiger partial charge in [-0.3, -0.25) is 0 Å². The Morgan fingerprint density at radius 1 is 1.40 bits per heavy atom. The van der Waals surface area contributed by atoms with E-state index in [0.29, 0.717) is 19.0 Å². The molecule has 0 aromatic rings. The van der Waals surface area contributed by atoms with Gasteiger partial charge in [0.1, 0.15) is 0 Å². The molecule has 1 aliphatic rings. The second-order valence-electron chi connectivity index (χ2n) is 4.03. The van der Waals surface area contributed by atoms with E-state index in [-0.39, 0.29) is 6.10 Å². The van der Waals surface area contributed by atoms with Crippen molar-refractivity contribution in [1.29, 1.82) is 0 Å². The summed E-state index contributed by atoms with van der Waals surface area (Å²) in [6.07, 6.45) is -3.42. The first-order chi connectivity index (χ1) is 6.93. The molecule has 0 heterocycles. The Morgan fingerprint density at radius 2 is 2.00 bits per heavy atom. The van der Waals surface area contributed by atoms with Crippen LogP contribution in [0.25, 0.3) is 0 Å². The SMILES string of the molecule is CCC(CNC1CC1)OC(C)C(F)(F)F. The van der Waals surface area contributed by atoms with Crippen molar-refractivity contribution in [2.24, 2.45) is 0 Å². The van der Waals surface area contributed by atoms with Gasteiger partial charge in [-0.05, 0) is 26.2 Å². The highest BCUT2D eigenvalue weighted by atomic mass is 19.4. The molecule has 0 bridgehead atoms. The Kier molecular flexibility index (Phi) is 4.40. The molecule has 1 fully saturated rings. The fraction of sp³-hybridized carbons (Fsp3) is 1.00. The third-order valence-electron chi connectivity index (χ3n) is 2.52. The molecule has 0 spiro atoms. The lowest BCUT2D eigenvalue weighted by Crippen LogP contribution is -2.37. The minimum absolute atomic E-state index is 0.345. The van der Waals surface area contributed by atoms with Gasteiger partial charge in [0.05, 0.1) is 6.10 Å². The van der Waals surface area contributed by atoms with E-state index in [9.17, 15) is 13.2 Å². The zero-order valence-electron chi connectivity index (χ0n) is 9.10. The lowest BCUT2D eigenvalue weighted by molar-refractivity contribution is -0.226. The minimum atomic E-state index is -4.26. The second kappa shape index (κ2) is 5.16. The van der Waals surface area contributed by atoms with Crippen molar-refractivity contribution >= 4 is 0 Å². The standard InChI is InChI=1S/C10H18F3NO/c1-3-9(6-14-8-4-5-8)15-7(2)10(11,12)13/h7-9,14H,3-6H2,1-2H3. The van der Waals surface area contributed by atoms with Crippen LogP contribution in [0, 0.1) is 0 Å². The summed E-state index contributed by atoms with van der Waals surface area (Å²) >= 11 is 0. The van der Waals surface area contributed by atoms with Crippen molar-refractivity contribution in [2.75, 3.05) is 6.54 Å². The summed E-state index contributed by atoms with van der Waals surface area (Å²) in [7, 11) is 0. The van der Waals surface area contributed by atoms with Gasteiger partial charge in [-0.15, -0.1) is 0 Å². The van der Waals surface area contributed by atoms with Crippen LogP contribution in [0.1, 0.15) is 33.1 Å². The van der Waals surface area contributed by atoms with E-state index < -0.39 is 12.3 Å². The number of nitrogens with one attached hydrogen (secondary N) is 1. The van der Waals surface area contributed by atoms with Crippen LogP contribution in [0.4, 0.5) is 13.2 Å². The highest BCUT2D eigenvalue weighted by Gasteiger charge is 2.38. The minimum Gasteiger partial charge on any atom is -0.365 e. The first-order valence-electron chi connectivity index (χ1n) is 5.39. The number of hydrogen-bond donors (Lipinski definition) is 1. The topological polar surface area (TPSA) is 21.3 Å². The van der Waals surface area contributed by atoms with E-state index in [1.54, 1.807) is 0 Å². The molecule has 0 aromatic heterocycles. The summed E-state index contributed by atoms with van der Waals surface area (Å²) in [6, 6.07) is 0.504. The van der Waals surface area contributed by atoms with Gasteiger partial charge in [0.15, 0.2) is 6.10 Å². The van der Waals surface area contributed by atoms with Gasteiger partial charge in [0.25, 0.3) is 0 Å². The Hall–Kier alpha value is -0.290. The molecule has 0 radical (unpaired) electrons. The van der Waals surface area contributed by atoms with Gasteiger partial charge < -0.3 is 10.1 Å². The molecule has 2 atom stereocenters. The molecule has 0 amide bonds. The normalized spacial score (nSPS) is 21.4.